The third kappa shape index (κ3) is 4.10. The van der Waals surface area contributed by atoms with E-state index in [4.69, 9.17) is 5.73 Å². The number of piperidine rings is 1. The molecule has 0 aromatic carbocycles. The molecular formula is C18H34FN7O3S. The molecule has 0 bridgehead atoms. The lowest BCUT2D eigenvalue weighted by Gasteiger charge is -2.46. The number of hydrogen-bond donors (Lipinski definition) is 5. The molecule has 10 nitrogen and oxygen atoms in total. The predicted octanol–water partition coefficient (Wildman–Crippen LogP) is -2.67. The van der Waals surface area contributed by atoms with Gasteiger partial charge in [-0.1, -0.05) is 0 Å². The lowest BCUT2D eigenvalue weighted by molar-refractivity contribution is -0.128. The highest BCUT2D eigenvalue weighted by Crippen LogP contribution is 2.28. The summed E-state index contributed by atoms with van der Waals surface area (Å²) in [6.07, 6.45) is -1.12. The number of amides is 1. The van der Waals surface area contributed by atoms with Crippen LogP contribution in [0.5, 0.6) is 0 Å². The summed E-state index contributed by atoms with van der Waals surface area (Å²) in [5.41, 5.74) is 9.17. The summed E-state index contributed by atoms with van der Waals surface area (Å²) < 4.78 is 37.7. The third-order valence-corrected chi connectivity index (χ3v) is 9.47. The molecule has 0 aromatic rings. The molecule has 12 heteroatoms. The van der Waals surface area contributed by atoms with Gasteiger partial charge >= 0.3 is 0 Å². The highest BCUT2D eigenvalue weighted by molar-refractivity contribution is 7.92. The molecule has 0 aromatic heterocycles. The number of nitrogens with zero attached hydrogens (tertiary/aromatic N) is 2. The van der Waals surface area contributed by atoms with Crippen LogP contribution in [0.1, 0.15) is 20.3 Å². The summed E-state index contributed by atoms with van der Waals surface area (Å²) in [6, 6.07) is -0.0946. The highest BCUT2D eigenvalue weighted by Gasteiger charge is 2.48. The Balaban J connectivity index is 1.44. The summed E-state index contributed by atoms with van der Waals surface area (Å²) in [5, 5.41) is 11.2. The van der Waals surface area contributed by atoms with Crippen LogP contribution in [0.3, 0.4) is 0 Å². The van der Waals surface area contributed by atoms with Crippen molar-refractivity contribution >= 4 is 15.7 Å². The van der Waals surface area contributed by atoms with E-state index in [-0.39, 0.29) is 43.0 Å². The van der Waals surface area contributed by atoms with E-state index in [0.717, 1.165) is 13.0 Å². The van der Waals surface area contributed by atoms with Gasteiger partial charge in [-0.2, -0.15) is 0 Å². The van der Waals surface area contributed by atoms with Gasteiger partial charge in [0, 0.05) is 38.8 Å². The SMILES string of the molecule is CC1(C)CN(C2CCNCC2NC(=O)C2C(N)NN3CC(F)CNC23)CCS1(=O)=O. The minimum Gasteiger partial charge on any atom is -0.350 e. The molecule has 0 spiro atoms. The number of carbonyl (C=O) groups excluding carboxylic acids is 1. The van der Waals surface area contributed by atoms with Crippen molar-refractivity contribution in [2.45, 2.75) is 55.6 Å². The number of carbonyl (C=O) groups is 1. The predicted molar refractivity (Wildman–Crippen MR) is 111 cm³/mol. The number of fused-ring (bicyclic) bond motifs is 1. The lowest BCUT2D eigenvalue weighted by Crippen LogP contribution is -2.66. The van der Waals surface area contributed by atoms with Gasteiger partial charge in [-0.15, -0.1) is 0 Å². The first-order valence-corrected chi connectivity index (χ1v) is 12.4. The number of hydrazine groups is 1. The first-order chi connectivity index (χ1) is 14.1. The zero-order chi connectivity index (χ0) is 21.7. The fourth-order valence-corrected chi connectivity index (χ4v) is 6.54. The number of halogens is 1. The van der Waals surface area contributed by atoms with Gasteiger partial charge in [0.05, 0.1) is 34.8 Å². The van der Waals surface area contributed by atoms with Crippen molar-refractivity contribution < 1.29 is 17.6 Å². The standard InChI is InChI=1S/C18H34FN7O3S/c1-18(2)10-25(5-6-30(18,28)29)13-3-4-21-8-12(13)23-17(27)14-15(20)24-26-9-11(19)7-22-16(14)26/h11-16,21-22,24H,3-10,20H2,1-2H3,(H,23,27). The minimum absolute atomic E-state index is 0.0567. The van der Waals surface area contributed by atoms with Crippen molar-refractivity contribution in [1.29, 1.82) is 0 Å². The van der Waals surface area contributed by atoms with E-state index in [1.54, 1.807) is 18.9 Å². The van der Waals surface area contributed by atoms with Gasteiger partial charge in [-0.25, -0.2) is 23.2 Å². The molecule has 172 valence electrons. The Kier molecular flexibility index (Phi) is 6.12. The number of nitrogens with two attached hydrogens (primary N) is 1. The van der Waals surface area contributed by atoms with Gasteiger partial charge in [0.25, 0.3) is 0 Å². The van der Waals surface area contributed by atoms with Gasteiger partial charge in [0.2, 0.25) is 5.91 Å². The van der Waals surface area contributed by atoms with Crippen LogP contribution in [0.4, 0.5) is 4.39 Å². The normalized spacial score (nSPS) is 41.9. The second-order valence-electron chi connectivity index (χ2n) is 9.51. The molecule has 4 fully saturated rings. The number of rotatable bonds is 3. The van der Waals surface area contributed by atoms with Crippen LogP contribution >= 0.6 is 0 Å². The average molecular weight is 448 g/mol. The molecule has 6 unspecified atom stereocenters. The zero-order valence-electron chi connectivity index (χ0n) is 17.6. The van der Waals surface area contributed by atoms with E-state index in [0.29, 0.717) is 19.6 Å². The molecule has 6 N–H and O–H groups in total. The van der Waals surface area contributed by atoms with Crippen LogP contribution < -0.4 is 27.1 Å². The van der Waals surface area contributed by atoms with E-state index in [1.165, 1.54) is 0 Å². The summed E-state index contributed by atoms with van der Waals surface area (Å²) >= 11 is 0. The Morgan fingerprint density at radius 3 is 2.80 bits per heavy atom. The zero-order valence-corrected chi connectivity index (χ0v) is 18.4. The summed E-state index contributed by atoms with van der Waals surface area (Å²) in [6.45, 7) is 6.30. The second kappa shape index (κ2) is 8.23. The number of nitrogens with one attached hydrogen (secondary N) is 4. The van der Waals surface area contributed by atoms with Gasteiger partial charge in [-0.05, 0) is 26.8 Å². The van der Waals surface area contributed by atoms with E-state index in [1.807, 2.05) is 0 Å². The summed E-state index contributed by atoms with van der Waals surface area (Å²) in [5.74, 6) is -0.582. The second-order valence-corrected chi connectivity index (χ2v) is 12.3. The average Bonchev–Trinajstić information content (AvgIpc) is 2.99. The molecule has 4 heterocycles. The van der Waals surface area contributed by atoms with Crippen molar-refractivity contribution in [2.24, 2.45) is 11.7 Å². The Morgan fingerprint density at radius 1 is 1.30 bits per heavy atom. The third-order valence-electron chi connectivity index (χ3n) is 6.94. The van der Waals surface area contributed by atoms with Crippen molar-refractivity contribution in [3.63, 3.8) is 0 Å². The molecule has 1 amide bonds. The first-order valence-electron chi connectivity index (χ1n) is 10.7. The van der Waals surface area contributed by atoms with Crippen LogP contribution in [0.15, 0.2) is 0 Å². The highest BCUT2D eigenvalue weighted by atomic mass is 32.2. The first kappa shape index (κ1) is 22.3. The Morgan fingerprint density at radius 2 is 2.07 bits per heavy atom. The number of alkyl halides is 1. The number of sulfone groups is 1. The molecule has 4 aliphatic rings. The van der Waals surface area contributed by atoms with Crippen LogP contribution in [-0.4, -0.2) is 105 Å². The fourth-order valence-electron chi connectivity index (χ4n) is 5.15. The van der Waals surface area contributed by atoms with Crippen LogP contribution in [0, 0.1) is 5.92 Å². The van der Waals surface area contributed by atoms with E-state index in [2.05, 4.69) is 26.3 Å². The topological polar surface area (TPSA) is 132 Å². The molecule has 0 saturated carbocycles. The Hall–Kier alpha value is -0.890. The summed E-state index contributed by atoms with van der Waals surface area (Å²) in [7, 11) is -3.13. The van der Waals surface area contributed by atoms with Crippen LogP contribution in [0.2, 0.25) is 0 Å². The monoisotopic (exact) mass is 447 g/mol. The van der Waals surface area contributed by atoms with Gasteiger partial charge in [0.1, 0.15) is 6.17 Å². The molecule has 4 aliphatic heterocycles. The fraction of sp³-hybridized carbons (Fsp3) is 0.944. The Labute approximate surface area is 177 Å². The summed E-state index contributed by atoms with van der Waals surface area (Å²) in [4.78, 5) is 15.4. The molecule has 4 rings (SSSR count). The minimum atomic E-state index is -3.13. The van der Waals surface area contributed by atoms with Crippen LogP contribution in [0.25, 0.3) is 0 Å². The van der Waals surface area contributed by atoms with Gasteiger partial charge in [-0.3, -0.25) is 15.0 Å². The van der Waals surface area contributed by atoms with Crippen LogP contribution in [-0.2, 0) is 14.6 Å². The van der Waals surface area contributed by atoms with Gasteiger partial charge in [0.15, 0.2) is 9.84 Å². The molecule has 30 heavy (non-hydrogen) atoms. The molecule has 0 aliphatic carbocycles. The maximum Gasteiger partial charge on any atom is 0.229 e. The van der Waals surface area contributed by atoms with Crippen molar-refractivity contribution in [2.75, 3.05) is 45.0 Å². The molecule has 0 radical (unpaired) electrons. The van der Waals surface area contributed by atoms with Crippen molar-refractivity contribution in [1.82, 2.24) is 31.3 Å². The van der Waals surface area contributed by atoms with Crippen molar-refractivity contribution in [3.05, 3.63) is 0 Å². The van der Waals surface area contributed by atoms with E-state index >= 15 is 0 Å². The molecule has 6 atom stereocenters. The Bertz CT molecular complexity index is 767. The quantitative estimate of drug-likeness (QED) is 0.314. The van der Waals surface area contributed by atoms with Gasteiger partial charge < -0.3 is 16.4 Å². The smallest absolute Gasteiger partial charge is 0.229 e. The maximum atomic E-state index is 13.7. The van der Waals surface area contributed by atoms with Crippen molar-refractivity contribution in [3.8, 4) is 0 Å². The van der Waals surface area contributed by atoms with E-state index in [9.17, 15) is 17.6 Å². The largest absolute Gasteiger partial charge is 0.350 e. The number of hydrogen-bond acceptors (Lipinski definition) is 9. The van der Waals surface area contributed by atoms with E-state index < -0.39 is 32.8 Å². The molecule has 4 saturated heterocycles. The maximum absolute atomic E-state index is 13.7. The molecular weight excluding hydrogens is 413 g/mol. The lowest BCUT2D eigenvalue weighted by atomic mass is 9.95.